The lowest BCUT2D eigenvalue weighted by atomic mass is 9.93. The minimum absolute atomic E-state index is 0.168. The van der Waals surface area contributed by atoms with Crippen molar-refractivity contribution in [3.63, 3.8) is 0 Å². The minimum atomic E-state index is 0.168. The second kappa shape index (κ2) is 6.97. The summed E-state index contributed by atoms with van der Waals surface area (Å²) in [7, 11) is 0. The van der Waals surface area contributed by atoms with Gasteiger partial charge in [-0.05, 0) is 38.0 Å². The summed E-state index contributed by atoms with van der Waals surface area (Å²) in [6, 6.07) is 6.44. The Morgan fingerprint density at radius 1 is 1.40 bits per heavy atom. The molecule has 0 amide bonds. The molecule has 1 aliphatic carbocycles. The molecule has 1 aromatic rings. The standard InChI is InChI=1S/C15H22BrN3O/c1-2-19(12-6-4-3-5-7-12)14-10-11(16)8-9-13(14)15(17)18-20/h8-10,12,20H,2-7H2,1H3,(H2,17,18). The van der Waals surface area contributed by atoms with Crippen LogP contribution in [0.15, 0.2) is 27.8 Å². The summed E-state index contributed by atoms with van der Waals surface area (Å²) in [4.78, 5) is 2.39. The molecule has 0 aliphatic heterocycles. The van der Waals surface area contributed by atoms with Crippen LogP contribution in [0.5, 0.6) is 0 Å². The summed E-state index contributed by atoms with van der Waals surface area (Å²) in [5, 5.41) is 12.1. The first kappa shape index (κ1) is 15.2. The number of benzene rings is 1. The maximum absolute atomic E-state index is 8.98. The Hall–Kier alpha value is -1.23. The summed E-state index contributed by atoms with van der Waals surface area (Å²) < 4.78 is 1.01. The Morgan fingerprint density at radius 3 is 2.70 bits per heavy atom. The molecular weight excluding hydrogens is 318 g/mol. The maximum atomic E-state index is 8.98. The first-order valence-corrected chi connectivity index (χ1v) is 8.00. The molecule has 1 saturated carbocycles. The van der Waals surface area contributed by atoms with E-state index >= 15 is 0 Å². The average Bonchev–Trinajstić information content (AvgIpc) is 2.48. The number of oxime groups is 1. The van der Waals surface area contributed by atoms with E-state index in [0.29, 0.717) is 6.04 Å². The highest BCUT2D eigenvalue weighted by Gasteiger charge is 2.23. The quantitative estimate of drug-likeness (QED) is 0.380. The van der Waals surface area contributed by atoms with Gasteiger partial charge in [0.2, 0.25) is 0 Å². The number of nitrogens with two attached hydrogens (primary N) is 1. The zero-order chi connectivity index (χ0) is 14.5. The molecule has 2 rings (SSSR count). The number of nitrogens with zero attached hydrogens (tertiary/aromatic N) is 2. The van der Waals surface area contributed by atoms with E-state index in [9.17, 15) is 0 Å². The zero-order valence-electron chi connectivity index (χ0n) is 11.8. The molecule has 0 spiro atoms. The average molecular weight is 340 g/mol. The fraction of sp³-hybridized carbons (Fsp3) is 0.533. The lowest BCUT2D eigenvalue weighted by Gasteiger charge is -2.36. The molecule has 110 valence electrons. The summed E-state index contributed by atoms with van der Waals surface area (Å²) in [5.74, 6) is 0.168. The maximum Gasteiger partial charge on any atom is 0.172 e. The highest BCUT2D eigenvalue weighted by Crippen LogP contribution is 2.31. The molecule has 3 N–H and O–H groups in total. The number of halogens is 1. The van der Waals surface area contributed by atoms with E-state index in [4.69, 9.17) is 10.9 Å². The molecule has 1 aliphatic rings. The van der Waals surface area contributed by atoms with Gasteiger partial charge in [0.1, 0.15) is 0 Å². The molecule has 1 fully saturated rings. The van der Waals surface area contributed by atoms with E-state index in [1.165, 1.54) is 32.1 Å². The second-order valence-corrected chi connectivity index (χ2v) is 6.14. The zero-order valence-corrected chi connectivity index (χ0v) is 13.4. The number of amidine groups is 1. The van der Waals surface area contributed by atoms with Crippen LogP contribution < -0.4 is 10.6 Å². The predicted molar refractivity (Wildman–Crippen MR) is 86.5 cm³/mol. The molecule has 1 aromatic carbocycles. The highest BCUT2D eigenvalue weighted by atomic mass is 79.9. The Morgan fingerprint density at radius 2 is 2.10 bits per heavy atom. The number of anilines is 1. The van der Waals surface area contributed by atoms with Crippen LogP contribution >= 0.6 is 15.9 Å². The van der Waals surface area contributed by atoms with Crippen LogP contribution in [0.3, 0.4) is 0 Å². The molecule has 0 radical (unpaired) electrons. The molecular formula is C15H22BrN3O. The van der Waals surface area contributed by atoms with Crippen molar-refractivity contribution in [1.29, 1.82) is 0 Å². The lowest BCUT2D eigenvalue weighted by Crippen LogP contribution is -2.38. The van der Waals surface area contributed by atoms with Crippen LogP contribution in [0.2, 0.25) is 0 Å². The van der Waals surface area contributed by atoms with E-state index in [1.54, 1.807) is 0 Å². The molecule has 0 atom stereocenters. The van der Waals surface area contributed by atoms with Gasteiger partial charge in [0.15, 0.2) is 5.84 Å². The molecule has 0 saturated heterocycles. The first-order valence-electron chi connectivity index (χ1n) is 7.21. The van der Waals surface area contributed by atoms with Crippen LogP contribution in [0.1, 0.15) is 44.6 Å². The van der Waals surface area contributed by atoms with Crippen LogP contribution in [-0.4, -0.2) is 23.6 Å². The van der Waals surface area contributed by atoms with Gasteiger partial charge in [-0.25, -0.2) is 0 Å². The highest BCUT2D eigenvalue weighted by molar-refractivity contribution is 9.10. The van der Waals surface area contributed by atoms with Gasteiger partial charge in [0.25, 0.3) is 0 Å². The second-order valence-electron chi connectivity index (χ2n) is 5.22. The Bertz CT molecular complexity index is 484. The predicted octanol–water partition coefficient (Wildman–Crippen LogP) is 3.70. The number of rotatable bonds is 4. The SMILES string of the molecule is CCN(c1cc(Br)ccc1/C(N)=N/O)C1CCCCC1. The summed E-state index contributed by atoms with van der Waals surface area (Å²) in [6.45, 7) is 3.08. The van der Waals surface area contributed by atoms with Gasteiger partial charge in [-0.3, -0.25) is 0 Å². The van der Waals surface area contributed by atoms with Crippen molar-refractivity contribution in [1.82, 2.24) is 0 Å². The van der Waals surface area contributed by atoms with E-state index in [1.807, 2.05) is 12.1 Å². The van der Waals surface area contributed by atoms with E-state index in [0.717, 1.165) is 22.3 Å². The van der Waals surface area contributed by atoms with Crippen molar-refractivity contribution < 1.29 is 5.21 Å². The Kier molecular flexibility index (Phi) is 5.29. The largest absolute Gasteiger partial charge is 0.409 e. The molecule has 0 bridgehead atoms. The van der Waals surface area contributed by atoms with Gasteiger partial charge in [0, 0.05) is 28.3 Å². The Labute approximate surface area is 128 Å². The van der Waals surface area contributed by atoms with Crippen LogP contribution in [0.25, 0.3) is 0 Å². The van der Waals surface area contributed by atoms with Crippen molar-refractivity contribution in [3.8, 4) is 0 Å². The van der Waals surface area contributed by atoms with Crippen LogP contribution in [-0.2, 0) is 0 Å². The van der Waals surface area contributed by atoms with Crippen molar-refractivity contribution in [2.24, 2.45) is 10.9 Å². The van der Waals surface area contributed by atoms with Crippen molar-refractivity contribution >= 4 is 27.5 Å². The van der Waals surface area contributed by atoms with E-state index in [-0.39, 0.29) is 5.84 Å². The first-order chi connectivity index (χ1) is 9.67. The normalized spacial score (nSPS) is 17.2. The van der Waals surface area contributed by atoms with Gasteiger partial charge in [-0.15, -0.1) is 0 Å². The van der Waals surface area contributed by atoms with E-state index < -0.39 is 0 Å². The molecule has 0 heterocycles. The smallest absolute Gasteiger partial charge is 0.172 e. The number of hydrogen-bond acceptors (Lipinski definition) is 3. The topological polar surface area (TPSA) is 61.8 Å². The van der Waals surface area contributed by atoms with E-state index in [2.05, 4.69) is 39.0 Å². The van der Waals surface area contributed by atoms with Gasteiger partial charge in [-0.1, -0.05) is 40.3 Å². The van der Waals surface area contributed by atoms with Crippen molar-refractivity contribution in [3.05, 3.63) is 28.2 Å². The molecule has 5 heteroatoms. The van der Waals surface area contributed by atoms with Gasteiger partial charge >= 0.3 is 0 Å². The van der Waals surface area contributed by atoms with Gasteiger partial charge in [0.05, 0.1) is 0 Å². The van der Waals surface area contributed by atoms with Crippen molar-refractivity contribution in [2.45, 2.75) is 45.1 Å². The minimum Gasteiger partial charge on any atom is -0.409 e. The molecule has 0 aromatic heterocycles. The van der Waals surface area contributed by atoms with Crippen LogP contribution in [0.4, 0.5) is 5.69 Å². The summed E-state index contributed by atoms with van der Waals surface area (Å²) >= 11 is 3.52. The molecule has 0 unspecified atom stereocenters. The fourth-order valence-electron chi connectivity index (χ4n) is 3.03. The summed E-state index contributed by atoms with van der Waals surface area (Å²) in [6.07, 6.45) is 6.34. The van der Waals surface area contributed by atoms with Gasteiger partial charge in [-0.2, -0.15) is 0 Å². The molecule has 20 heavy (non-hydrogen) atoms. The summed E-state index contributed by atoms with van der Waals surface area (Å²) in [5.41, 5.74) is 7.67. The number of hydrogen-bond donors (Lipinski definition) is 2. The van der Waals surface area contributed by atoms with Crippen molar-refractivity contribution in [2.75, 3.05) is 11.4 Å². The molecule has 4 nitrogen and oxygen atoms in total. The third kappa shape index (κ3) is 3.26. The van der Waals surface area contributed by atoms with Crippen LogP contribution in [0, 0.1) is 0 Å². The lowest BCUT2D eigenvalue weighted by molar-refractivity contribution is 0.318. The Balaban J connectivity index is 2.39. The fourth-order valence-corrected chi connectivity index (χ4v) is 3.38. The third-order valence-electron chi connectivity index (χ3n) is 4.01. The van der Waals surface area contributed by atoms with Gasteiger partial charge < -0.3 is 15.8 Å². The third-order valence-corrected chi connectivity index (χ3v) is 4.50. The monoisotopic (exact) mass is 339 g/mol.